The summed E-state index contributed by atoms with van der Waals surface area (Å²) in [4.78, 5) is 42.0. The molecule has 1 spiro atoms. The summed E-state index contributed by atoms with van der Waals surface area (Å²) in [6, 6.07) is 10.2. The van der Waals surface area contributed by atoms with E-state index in [0.29, 0.717) is 43.1 Å². The Bertz CT molecular complexity index is 939. The number of carbonyl (C=O) groups excluding carboxylic acids is 3. The van der Waals surface area contributed by atoms with E-state index in [9.17, 15) is 14.4 Å². The number of nitrogens with zero attached hydrogens (tertiary/aromatic N) is 2. The second kappa shape index (κ2) is 7.23. The number of pyridine rings is 1. The molecule has 0 bridgehead atoms. The molecule has 9 heteroatoms. The third-order valence-corrected chi connectivity index (χ3v) is 5.41. The van der Waals surface area contributed by atoms with Gasteiger partial charge in [-0.2, -0.15) is 0 Å². The fourth-order valence-corrected chi connectivity index (χ4v) is 3.75. The number of likely N-dealkylation sites (tertiary alicyclic amines) is 1. The number of rotatable bonds is 3. The molecule has 0 saturated carbocycles. The molecule has 1 aromatic heterocycles. The number of amides is 4. The van der Waals surface area contributed by atoms with Gasteiger partial charge in [-0.25, -0.2) is 9.78 Å². The van der Waals surface area contributed by atoms with E-state index in [1.54, 1.807) is 17.0 Å². The normalized spacial score (nSPS) is 18.0. The molecular weight excluding hydrogens is 428 g/mol. The lowest BCUT2D eigenvalue weighted by atomic mass is 9.87. The highest BCUT2D eigenvalue weighted by molar-refractivity contribution is 9.10. The zero-order valence-electron chi connectivity index (χ0n) is 14.8. The smallest absolute Gasteiger partial charge is 0.322 e. The number of piperidine rings is 1. The quantitative estimate of drug-likeness (QED) is 0.708. The minimum absolute atomic E-state index is 0.166. The van der Waals surface area contributed by atoms with Crippen LogP contribution in [-0.4, -0.2) is 46.4 Å². The van der Waals surface area contributed by atoms with Gasteiger partial charge in [0, 0.05) is 29.8 Å². The summed E-state index contributed by atoms with van der Waals surface area (Å²) in [5.74, 6) is 0.540. The predicted molar refractivity (Wildman–Crippen MR) is 103 cm³/mol. The molecule has 4 amide bonds. The third kappa shape index (κ3) is 3.57. The van der Waals surface area contributed by atoms with Crippen molar-refractivity contribution in [1.29, 1.82) is 0 Å². The first-order chi connectivity index (χ1) is 13.4. The van der Waals surface area contributed by atoms with Crippen molar-refractivity contribution in [3.05, 3.63) is 52.6 Å². The van der Waals surface area contributed by atoms with Crippen LogP contribution in [0, 0.1) is 0 Å². The maximum absolute atomic E-state index is 12.7. The summed E-state index contributed by atoms with van der Waals surface area (Å²) in [5.41, 5.74) is -0.453. The molecule has 28 heavy (non-hydrogen) atoms. The van der Waals surface area contributed by atoms with E-state index in [4.69, 9.17) is 4.74 Å². The van der Waals surface area contributed by atoms with Crippen LogP contribution >= 0.6 is 15.9 Å². The maximum Gasteiger partial charge on any atom is 0.322 e. The lowest BCUT2D eigenvalue weighted by Gasteiger charge is -2.36. The fraction of sp³-hybridized carbons (Fsp3) is 0.263. The number of aromatic nitrogens is 1. The Morgan fingerprint density at radius 1 is 1.18 bits per heavy atom. The topological polar surface area (TPSA) is 101 Å². The van der Waals surface area contributed by atoms with Gasteiger partial charge >= 0.3 is 6.03 Å². The minimum Gasteiger partial charge on any atom is -0.439 e. The lowest BCUT2D eigenvalue weighted by Crippen LogP contribution is -2.55. The van der Waals surface area contributed by atoms with Gasteiger partial charge in [0.1, 0.15) is 11.3 Å². The Morgan fingerprint density at radius 2 is 1.96 bits per heavy atom. The van der Waals surface area contributed by atoms with E-state index in [1.165, 1.54) is 6.20 Å². The van der Waals surface area contributed by atoms with Gasteiger partial charge in [-0.3, -0.25) is 14.9 Å². The Morgan fingerprint density at radius 3 is 2.57 bits per heavy atom. The predicted octanol–water partition coefficient (Wildman–Crippen LogP) is 2.45. The number of benzene rings is 1. The first-order valence-corrected chi connectivity index (χ1v) is 9.57. The number of nitrogens with one attached hydrogen (secondary N) is 2. The highest BCUT2D eigenvalue weighted by atomic mass is 79.9. The molecule has 0 atom stereocenters. The molecule has 2 fully saturated rings. The second-order valence-electron chi connectivity index (χ2n) is 6.73. The Kier molecular flexibility index (Phi) is 4.76. The average molecular weight is 445 g/mol. The van der Waals surface area contributed by atoms with E-state index in [1.807, 2.05) is 24.3 Å². The molecule has 0 aliphatic carbocycles. The number of imide groups is 1. The molecule has 1 aromatic carbocycles. The maximum atomic E-state index is 12.7. The summed E-state index contributed by atoms with van der Waals surface area (Å²) in [6.07, 6.45) is 2.24. The Labute approximate surface area is 169 Å². The van der Waals surface area contributed by atoms with Gasteiger partial charge in [0.25, 0.3) is 11.8 Å². The van der Waals surface area contributed by atoms with Crippen LogP contribution in [0.2, 0.25) is 0 Å². The SMILES string of the molecule is O=C1NC(=O)C2(CCN(C(=O)c3ccc(Oc4cccc(Br)c4)nc3)CC2)N1. The van der Waals surface area contributed by atoms with Crippen LogP contribution in [0.5, 0.6) is 11.6 Å². The van der Waals surface area contributed by atoms with E-state index in [0.717, 1.165) is 4.47 Å². The van der Waals surface area contributed by atoms with Crippen molar-refractivity contribution in [1.82, 2.24) is 20.5 Å². The molecule has 3 heterocycles. The number of halogens is 1. The minimum atomic E-state index is -0.895. The highest BCUT2D eigenvalue weighted by Gasteiger charge is 2.48. The van der Waals surface area contributed by atoms with Crippen molar-refractivity contribution in [3.8, 4) is 11.6 Å². The molecular formula is C19H17BrN4O4. The molecule has 4 rings (SSSR count). The standard InChI is InChI=1S/C19H17BrN4O4/c20-13-2-1-3-14(10-13)28-15-5-4-12(11-21-15)16(25)24-8-6-19(7-9-24)17(26)22-18(27)23-19/h1-5,10-11H,6-9H2,(H2,22,23,26,27). The third-order valence-electron chi connectivity index (χ3n) is 4.92. The van der Waals surface area contributed by atoms with E-state index in [2.05, 4.69) is 31.5 Å². The molecule has 2 saturated heterocycles. The molecule has 2 aliphatic rings. The molecule has 8 nitrogen and oxygen atoms in total. The van der Waals surface area contributed by atoms with Crippen molar-refractivity contribution in [2.45, 2.75) is 18.4 Å². The average Bonchev–Trinajstić information content (AvgIpc) is 2.95. The molecule has 144 valence electrons. The van der Waals surface area contributed by atoms with Crippen molar-refractivity contribution in [3.63, 3.8) is 0 Å². The van der Waals surface area contributed by atoms with E-state index >= 15 is 0 Å². The number of carbonyl (C=O) groups is 3. The van der Waals surface area contributed by atoms with Crippen molar-refractivity contribution in [2.24, 2.45) is 0 Å². The molecule has 0 radical (unpaired) electrons. The second-order valence-corrected chi connectivity index (χ2v) is 7.64. The zero-order valence-corrected chi connectivity index (χ0v) is 16.4. The van der Waals surface area contributed by atoms with E-state index < -0.39 is 11.6 Å². The Balaban J connectivity index is 1.39. The van der Waals surface area contributed by atoms with Crippen LogP contribution in [-0.2, 0) is 4.79 Å². The molecule has 0 unspecified atom stereocenters. The highest BCUT2D eigenvalue weighted by Crippen LogP contribution is 2.27. The summed E-state index contributed by atoms with van der Waals surface area (Å²) in [7, 11) is 0. The summed E-state index contributed by atoms with van der Waals surface area (Å²) >= 11 is 3.38. The first-order valence-electron chi connectivity index (χ1n) is 8.78. The van der Waals surface area contributed by atoms with E-state index in [-0.39, 0.29) is 11.8 Å². The lowest BCUT2D eigenvalue weighted by molar-refractivity contribution is -0.125. The van der Waals surface area contributed by atoms with Crippen molar-refractivity contribution in [2.75, 3.05) is 13.1 Å². The van der Waals surface area contributed by atoms with Crippen LogP contribution in [0.3, 0.4) is 0 Å². The van der Waals surface area contributed by atoms with Crippen LogP contribution in [0.15, 0.2) is 47.1 Å². The van der Waals surface area contributed by atoms with Crippen LogP contribution < -0.4 is 15.4 Å². The fourth-order valence-electron chi connectivity index (χ4n) is 3.37. The molecule has 2 aliphatic heterocycles. The Hall–Kier alpha value is -2.94. The molecule has 2 aromatic rings. The van der Waals surface area contributed by atoms with Crippen LogP contribution in [0.1, 0.15) is 23.2 Å². The van der Waals surface area contributed by atoms with Crippen LogP contribution in [0.4, 0.5) is 4.79 Å². The summed E-state index contributed by atoms with van der Waals surface area (Å²) < 4.78 is 6.57. The molecule has 2 N–H and O–H groups in total. The summed E-state index contributed by atoms with van der Waals surface area (Å²) in [6.45, 7) is 0.756. The summed E-state index contributed by atoms with van der Waals surface area (Å²) in [5, 5.41) is 4.95. The number of hydrogen-bond acceptors (Lipinski definition) is 5. The monoisotopic (exact) mass is 444 g/mol. The number of ether oxygens (including phenoxy) is 1. The number of urea groups is 1. The van der Waals surface area contributed by atoms with Gasteiger partial charge in [-0.1, -0.05) is 22.0 Å². The van der Waals surface area contributed by atoms with Crippen LogP contribution in [0.25, 0.3) is 0 Å². The van der Waals surface area contributed by atoms with Gasteiger partial charge in [-0.05, 0) is 37.1 Å². The van der Waals surface area contributed by atoms with Gasteiger partial charge < -0.3 is 15.0 Å². The van der Waals surface area contributed by atoms with Gasteiger partial charge in [0.15, 0.2) is 0 Å². The van der Waals surface area contributed by atoms with Crippen molar-refractivity contribution >= 4 is 33.8 Å². The number of hydrogen-bond donors (Lipinski definition) is 2. The van der Waals surface area contributed by atoms with Gasteiger partial charge in [0.05, 0.1) is 5.56 Å². The van der Waals surface area contributed by atoms with Gasteiger partial charge in [0.2, 0.25) is 5.88 Å². The first kappa shape index (κ1) is 18.4. The van der Waals surface area contributed by atoms with Crippen molar-refractivity contribution < 1.29 is 19.1 Å². The van der Waals surface area contributed by atoms with Gasteiger partial charge in [-0.15, -0.1) is 0 Å². The zero-order chi connectivity index (χ0) is 19.7. The largest absolute Gasteiger partial charge is 0.439 e.